The van der Waals surface area contributed by atoms with E-state index in [2.05, 4.69) is 4.74 Å². The maximum Gasteiger partial charge on any atom is 0.305 e. The molecule has 94 valence electrons. The van der Waals surface area contributed by atoms with Crippen LogP contribution in [0.15, 0.2) is 36.4 Å². The standard InChI is InChI=1S/C10H6O2.C4H8O2/c11-9-5-6-10(12)8-4-2-1-3-7(8)9;1-3-4(5)6-2/h1-6H;3H2,1-2H3. The Labute approximate surface area is 105 Å². The number of esters is 1. The van der Waals surface area contributed by atoms with Crippen molar-refractivity contribution in [3.63, 3.8) is 0 Å². The van der Waals surface area contributed by atoms with Gasteiger partial charge in [-0.15, -0.1) is 0 Å². The van der Waals surface area contributed by atoms with Crippen LogP contribution in [0.25, 0.3) is 0 Å². The van der Waals surface area contributed by atoms with E-state index in [0.29, 0.717) is 17.5 Å². The fraction of sp³-hybridized carbons (Fsp3) is 0.214. The molecule has 0 saturated carbocycles. The molecule has 4 nitrogen and oxygen atoms in total. The summed E-state index contributed by atoms with van der Waals surface area (Å²) < 4.78 is 4.26. The lowest BCUT2D eigenvalue weighted by Crippen LogP contribution is -2.10. The Hall–Kier alpha value is -2.23. The lowest BCUT2D eigenvalue weighted by Gasteiger charge is -2.06. The summed E-state index contributed by atoms with van der Waals surface area (Å²) in [7, 11) is 1.38. The second-order valence-electron chi connectivity index (χ2n) is 3.54. The number of benzene rings is 1. The maximum absolute atomic E-state index is 11.2. The Morgan fingerprint density at radius 2 is 1.50 bits per heavy atom. The molecular formula is C14H14O4. The van der Waals surface area contributed by atoms with E-state index in [1.165, 1.54) is 19.3 Å². The normalized spacial score (nSPS) is 12.3. The molecule has 0 aromatic heterocycles. The molecule has 18 heavy (non-hydrogen) atoms. The molecule has 2 rings (SSSR count). The number of hydrogen-bond acceptors (Lipinski definition) is 4. The maximum atomic E-state index is 11.2. The first-order valence-corrected chi connectivity index (χ1v) is 5.52. The Bertz CT molecular complexity index is 457. The third-order valence-corrected chi connectivity index (χ3v) is 2.36. The monoisotopic (exact) mass is 246 g/mol. The molecule has 0 saturated heterocycles. The van der Waals surface area contributed by atoms with Gasteiger partial charge in [-0.2, -0.15) is 0 Å². The summed E-state index contributed by atoms with van der Waals surface area (Å²) in [6.07, 6.45) is 3.09. The number of rotatable bonds is 1. The van der Waals surface area contributed by atoms with Gasteiger partial charge in [-0.1, -0.05) is 31.2 Å². The van der Waals surface area contributed by atoms with Gasteiger partial charge in [0, 0.05) is 17.5 Å². The summed E-state index contributed by atoms with van der Waals surface area (Å²) in [6.45, 7) is 1.76. The van der Waals surface area contributed by atoms with Crippen molar-refractivity contribution in [3.8, 4) is 0 Å². The molecule has 0 heterocycles. The zero-order chi connectivity index (χ0) is 13.5. The number of carbonyl (C=O) groups is 3. The Balaban J connectivity index is 0.000000232. The average molecular weight is 246 g/mol. The van der Waals surface area contributed by atoms with E-state index in [0.717, 1.165) is 0 Å². The minimum atomic E-state index is -0.157. The number of ether oxygens (including phenoxy) is 1. The van der Waals surface area contributed by atoms with Gasteiger partial charge in [-0.3, -0.25) is 14.4 Å². The van der Waals surface area contributed by atoms with Gasteiger partial charge >= 0.3 is 5.97 Å². The zero-order valence-corrected chi connectivity index (χ0v) is 10.3. The van der Waals surface area contributed by atoms with E-state index in [4.69, 9.17) is 0 Å². The molecule has 0 aliphatic heterocycles. The van der Waals surface area contributed by atoms with Crippen LogP contribution in [0, 0.1) is 0 Å². The van der Waals surface area contributed by atoms with Crippen molar-refractivity contribution in [1.82, 2.24) is 0 Å². The Morgan fingerprint density at radius 3 is 1.78 bits per heavy atom. The van der Waals surface area contributed by atoms with Crippen LogP contribution in [0.1, 0.15) is 34.1 Å². The van der Waals surface area contributed by atoms with E-state index in [-0.39, 0.29) is 17.5 Å². The smallest absolute Gasteiger partial charge is 0.305 e. The highest BCUT2D eigenvalue weighted by atomic mass is 16.5. The summed E-state index contributed by atoms with van der Waals surface area (Å²) in [5.74, 6) is -0.342. The quantitative estimate of drug-likeness (QED) is 0.713. The van der Waals surface area contributed by atoms with Crippen molar-refractivity contribution >= 4 is 17.5 Å². The van der Waals surface area contributed by atoms with Gasteiger partial charge in [0.25, 0.3) is 0 Å². The van der Waals surface area contributed by atoms with Crippen molar-refractivity contribution < 1.29 is 19.1 Å². The van der Waals surface area contributed by atoms with Gasteiger partial charge in [-0.05, 0) is 12.2 Å². The van der Waals surface area contributed by atoms with Crippen LogP contribution in [-0.2, 0) is 9.53 Å². The lowest BCUT2D eigenvalue weighted by molar-refractivity contribution is -0.140. The molecule has 0 atom stereocenters. The van der Waals surface area contributed by atoms with Crippen molar-refractivity contribution in [2.45, 2.75) is 13.3 Å². The van der Waals surface area contributed by atoms with Crippen LogP contribution < -0.4 is 0 Å². The molecule has 1 aliphatic carbocycles. The summed E-state index contributed by atoms with van der Waals surface area (Å²) >= 11 is 0. The molecule has 1 aromatic carbocycles. The molecule has 4 heteroatoms. The number of methoxy groups -OCH3 is 1. The van der Waals surface area contributed by atoms with Gasteiger partial charge < -0.3 is 4.74 Å². The minimum absolute atomic E-state index is 0.0924. The molecule has 1 aromatic rings. The van der Waals surface area contributed by atoms with Gasteiger partial charge in [0.1, 0.15) is 0 Å². The molecule has 0 amide bonds. The summed E-state index contributed by atoms with van der Waals surface area (Å²) in [5, 5.41) is 0. The molecule has 0 N–H and O–H groups in total. The Morgan fingerprint density at radius 1 is 1.06 bits per heavy atom. The molecule has 0 spiro atoms. The first-order valence-electron chi connectivity index (χ1n) is 5.52. The van der Waals surface area contributed by atoms with Crippen LogP contribution in [0.3, 0.4) is 0 Å². The molecule has 0 radical (unpaired) electrons. The van der Waals surface area contributed by atoms with Crippen molar-refractivity contribution in [1.29, 1.82) is 0 Å². The largest absolute Gasteiger partial charge is 0.469 e. The van der Waals surface area contributed by atoms with Crippen molar-refractivity contribution in [3.05, 3.63) is 47.5 Å². The molecule has 0 fully saturated rings. The van der Waals surface area contributed by atoms with E-state index in [1.807, 2.05) is 0 Å². The minimum Gasteiger partial charge on any atom is -0.469 e. The third-order valence-electron chi connectivity index (χ3n) is 2.36. The second kappa shape index (κ2) is 6.49. The van der Waals surface area contributed by atoms with Crippen LogP contribution in [0.5, 0.6) is 0 Å². The molecule has 0 bridgehead atoms. The number of carbonyl (C=O) groups excluding carboxylic acids is 3. The van der Waals surface area contributed by atoms with Crippen LogP contribution >= 0.6 is 0 Å². The van der Waals surface area contributed by atoms with E-state index in [9.17, 15) is 14.4 Å². The second-order valence-corrected chi connectivity index (χ2v) is 3.54. The molecule has 0 unspecified atom stereocenters. The van der Waals surface area contributed by atoms with E-state index in [1.54, 1.807) is 31.2 Å². The molecule has 1 aliphatic rings. The highest BCUT2D eigenvalue weighted by Gasteiger charge is 2.16. The third kappa shape index (κ3) is 3.38. The lowest BCUT2D eigenvalue weighted by atomic mass is 9.95. The summed E-state index contributed by atoms with van der Waals surface area (Å²) in [4.78, 5) is 32.3. The topological polar surface area (TPSA) is 60.4 Å². The summed E-state index contributed by atoms with van der Waals surface area (Å²) in [6, 6.07) is 6.84. The highest BCUT2D eigenvalue weighted by molar-refractivity contribution is 6.21. The highest BCUT2D eigenvalue weighted by Crippen LogP contribution is 2.15. The first kappa shape index (κ1) is 13.8. The van der Waals surface area contributed by atoms with Gasteiger partial charge in [0.2, 0.25) is 0 Å². The predicted octanol–water partition coefficient (Wildman–Crippen LogP) is 2.19. The van der Waals surface area contributed by atoms with Crippen LogP contribution in [-0.4, -0.2) is 24.6 Å². The van der Waals surface area contributed by atoms with Gasteiger partial charge in [0.05, 0.1) is 7.11 Å². The van der Waals surface area contributed by atoms with Crippen LogP contribution in [0.2, 0.25) is 0 Å². The Kier molecular flexibility index (Phi) is 4.99. The van der Waals surface area contributed by atoms with Gasteiger partial charge in [0.15, 0.2) is 11.6 Å². The average Bonchev–Trinajstić information content (AvgIpc) is 2.43. The number of allylic oxidation sites excluding steroid dienone is 2. The summed E-state index contributed by atoms with van der Waals surface area (Å²) in [5.41, 5.74) is 1.01. The number of ketones is 2. The van der Waals surface area contributed by atoms with Crippen molar-refractivity contribution in [2.75, 3.05) is 7.11 Å². The fourth-order valence-electron chi connectivity index (χ4n) is 1.39. The number of hydrogen-bond donors (Lipinski definition) is 0. The SMILES string of the molecule is CCC(=O)OC.O=C1C=CC(=O)c2ccccc21. The zero-order valence-electron chi connectivity index (χ0n) is 10.3. The first-order chi connectivity index (χ1) is 8.60. The van der Waals surface area contributed by atoms with Crippen molar-refractivity contribution in [2.24, 2.45) is 0 Å². The molecular weight excluding hydrogens is 232 g/mol. The predicted molar refractivity (Wildman–Crippen MR) is 66.6 cm³/mol. The van der Waals surface area contributed by atoms with Gasteiger partial charge in [-0.25, -0.2) is 0 Å². The van der Waals surface area contributed by atoms with Crippen LogP contribution in [0.4, 0.5) is 0 Å². The van der Waals surface area contributed by atoms with E-state index < -0.39 is 0 Å². The van der Waals surface area contributed by atoms with E-state index >= 15 is 0 Å². The fourth-order valence-corrected chi connectivity index (χ4v) is 1.39. The number of fused-ring (bicyclic) bond motifs is 1.